The van der Waals surface area contributed by atoms with Crippen molar-refractivity contribution in [1.82, 2.24) is 0 Å². The van der Waals surface area contributed by atoms with Crippen LogP contribution in [0.2, 0.25) is 0 Å². The van der Waals surface area contributed by atoms with E-state index >= 15 is 0 Å². The van der Waals surface area contributed by atoms with Crippen molar-refractivity contribution >= 4 is 14.5 Å². The maximum atomic E-state index is 9.75. The molecule has 0 radical (unpaired) electrons. The summed E-state index contributed by atoms with van der Waals surface area (Å²) in [4.78, 5) is 3.70. The lowest BCUT2D eigenvalue weighted by atomic mass is 9.84. The fourth-order valence-electron chi connectivity index (χ4n) is 2.95. The van der Waals surface area contributed by atoms with Gasteiger partial charge in [-0.1, -0.05) is 41.5 Å². The van der Waals surface area contributed by atoms with Crippen LogP contribution < -0.4 is 4.98 Å². The average molecular weight is 557 g/mol. The molecule has 0 saturated carbocycles. The third-order valence-electron chi connectivity index (χ3n) is 5.09. The summed E-state index contributed by atoms with van der Waals surface area (Å²) in [5, 5.41) is 0. The molecule has 0 atom stereocenters. The Morgan fingerprint density at radius 2 is 0.711 bits per heavy atom. The number of hydrogen-bond donors (Lipinski definition) is 0. The van der Waals surface area contributed by atoms with Crippen LogP contribution in [-0.2, 0) is 21.7 Å². The molecule has 1 N–H and O–H groups in total. The third kappa shape index (κ3) is 14.7. The first kappa shape index (κ1) is 35.9. The van der Waals surface area contributed by atoms with E-state index in [-0.39, 0.29) is 21.7 Å². The molecule has 0 saturated heterocycles. The van der Waals surface area contributed by atoms with Gasteiger partial charge in [0.25, 0.3) is 0 Å². The van der Waals surface area contributed by atoms with Crippen LogP contribution >= 0.6 is 0 Å². The van der Waals surface area contributed by atoms with Gasteiger partial charge in [0.15, 0.2) is 11.4 Å². The van der Waals surface area contributed by atoms with Gasteiger partial charge in [-0.05, 0) is 47.1 Å². The first-order valence-corrected chi connectivity index (χ1v) is 12.2. The van der Waals surface area contributed by atoms with Crippen LogP contribution in [0.4, 0.5) is 34.5 Å². The van der Waals surface area contributed by atoms with E-state index in [1.54, 1.807) is 0 Å². The second-order valence-corrected chi connectivity index (χ2v) is 13.3. The molecule has 218 valence electrons. The van der Waals surface area contributed by atoms with Crippen molar-refractivity contribution in [3.05, 3.63) is 47.2 Å². The summed E-state index contributed by atoms with van der Waals surface area (Å²) < 4.78 is 84.4. The number of nitrogens with one attached hydrogen (secondary N) is 1. The van der Waals surface area contributed by atoms with Crippen LogP contribution in [0.15, 0.2) is 28.7 Å². The van der Waals surface area contributed by atoms with Gasteiger partial charge in [0.2, 0.25) is 0 Å². The molecule has 0 spiro atoms. The van der Waals surface area contributed by atoms with E-state index in [2.05, 4.69) is 112 Å². The minimum absolute atomic E-state index is 0.0450. The van der Waals surface area contributed by atoms with E-state index in [1.807, 2.05) is 0 Å². The first-order chi connectivity index (χ1) is 16.4. The largest absolute Gasteiger partial charge is 0.673 e. The van der Waals surface area contributed by atoms with Crippen molar-refractivity contribution in [3.63, 3.8) is 0 Å². The molecule has 0 aromatic carbocycles. The zero-order chi connectivity index (χ0) is 30.7. The average Bonchev–Trinajstić information content (AvgIpc) is 2.62. The summed E-state index contributed by atoms with van der Waals surface area (Å²) in [5.74, 6) is 2.05. The highest BCUT2D eigenvalue weighted by Gasteiger charge is 2.35. The highest BCUT2D eigenvalue weighted by atomic mass is 19.5. The SMILES string of the molecule is CC(C)(C)c1cc(-c2cc(C(C)(C)C)[o+]c(C(C)(C)C)c2)cc(C(C)(C)C)[nH+]1.F[B-](F)(F)F.F[B-](F)(F)F. The number of halogens is 8. The van der Waals surface area contributed by atoms with E-state index in [0.29, 0.717) is 0 Å². The lowest BCUT2D eigenvalue weighted by Crippen LogP contribution is -2.32. The van der Waals surface area contributed by atoms with E-state index in [4.69, 9.17) is 4.42 Å². The predicted octanol–water partition coefficient (Wildman–Crippen LogP) is 9.83. The Morgan fingerprint density at radius 3 is 0.921 bits per heavy atom. The summed E-state index contributed by atoms with van der Waals surface area (Å²) in [5.41, 5.74) is 5.00. The number of rotatable bonds is 1. The standard InChI is InChI=1S/C26H40NO.2BF4/c1-23(2,3)19-13-17(14-20(27-19)24(4,5)6)18-15-21(25(7,8)9)28-22(16-18)26(10,11)12;2*2-1(3,4)5/h13-16H,1-12H3;;/q+1;2*-1/p+1. The molecule has 2 heterocycles. The van der Waals surface area contributed by atoms with Gasteiger partial charge < -0.3 is 34.5 Å². The van der Waals surface area contributed by atoms with Crippen LogP contribution in [0.3, 0.4) is 0 Å². The molecule has 0 fully saturated rings. The van der Waals surface area contributed by atoms with Gasteiger partial charge in [-0.15, -0.1) is 0 Å². The number of H-pyrrole nitrogens is 1. The van der Waals surface area contributed by atoms with E-state index in [0.717, 1.165) is 11.5 Å². The monoisotopic (exact) mass is 557 g/mol. The summed E-state index contributed by atoms with van der Waals surface area (Å²) >= 11 is 0. The number of aromatic nitrogens is 1. The number of aromatic amines is 1. The van der Waals surface area contributed by atoms with Crippen LogP contribution in [0.25, 0.3) is 11.1 Å². The van der Waals surface area contributed by atoms with Gasteiger partial charge in [-0.2, -0.15) is 0 Å². The molecule has 0 amide bonds. The lowest BCUT2D eigenvalue weighted by Gasteiger charge is -2.20. The third-order valence-corrected chi connectivity index (χ3v) is 5.09. The highest BCUT2D eigenvalue weighted by molar-refractivity contribution is 6.50. The van der Waals surface area contributed by atoms with Crippen molar-refractivity contribution in [2.75, 3.05) is 0 Å². The molecular formula is C26H41B2F8NO. The molecule has 2 aromatic heterocycles. The molecular weight excluding hydrogens is 516 g/mol. The first-order valence-electron chi connectivity index (χ1n) is 12.2. The van der Waals surface area contributed by atoms with Crippen LogP contribution in [-0.4, -0.2) is 14.5 Å². The molecule has 0 aliphatic carbocycles. The summed E-state index contributed by atoms with van der Waals surface area (Å²) in [6.45, 7) is 26.8. The predicted molar refractivity (Wildman–Crippen MR) is 140 cm³/mol. The minimum atomic E-state index is -6.00. The van der Waals surface area contributed by atoms with Crippen LogP contribution in [0.1, 0.15) is 106 Å². The van der Waals surface area contributed by atoms with Gasteiger partial charge in [-0.25, -0.2) is 9.40 Å². The molecule has 0 aliphatic rings. The fraction of sp³-hybridized carbons (Fsp3) is 0.615. The van der Waals surface area contributed by atoms with E-state index < -0.39 is 14.5 Å². The van der Waals surface area contributed by atoms with E-state index in [1.165, 1.54) is 22.5 Å². The molecule has 2 aromatic rings. The van der Waals surface area contributed by atoms with Crippen molar-refractivity contribution in [3.8, 4) is 11.1 Å². The minimum Gasteiger partial charge on any atom is -0.418 e. The smallest absolute Gasteiger partial charge is 0.418 e. The molecule has 12 heteroatoms. The lowest BCUT2D eigenvalue weighted by molar-refractivity contribution is -0.414. The topological polar surface area (TPSA) is 25.4 Å². The highest BCUT2D eigenvalue weighted by Crippen LogP contribution is 2.35. The quantitative estimate of drug-likeness (QED) is 0.195. The normalized spacial score (nSPS) is 13.3. The van der Waals surface area contributed by atoms with Gasteiger partial charge in [0, 0.05) is 40.7 Å². The Labute approximate surface area is 221 Å². The Kier molecular flexibility index (Phi) is 11.3. The molecule has 0 aliphatic heterocycles. The van der Waals surface area contributed by atoms with Gasteiger partial charge in [-0.3, -0.25) is 0 Å². The summed E-state index contributed by atoms with van der Waals surface area (Å²) in [7, 11) is -12.0. The van der Waals surface area contributed by atoms with Crippen molar-refractivity contribution in [2.24, 2.45) is 0 Å². The molecule has 38 heavy (non-hydrogen) atoms. The Morgan fingerprint density at radius 1 is 0.474 bits per heavy atom. The number of hydrogen-bond acceptors (Lipinski definition) is 0. The van der Waals surface area contributed by atoms with Gasteiger partial charge in [0.05, 0.1) is 10.8 Å². The molecule has 2 nitrogen and oxygen atoms in total. The van der Waals surface area contributed by atoms with Crippen LogP contribution in [0, 0.1) is 0 Å². The van der Waals surface area contributed by atoms with Crippen molar-refractivity contribution in [1.29, 1.82) is 0 Å². The summed E-state index contributed by atoms with van der Waals surface area (Å²) in [6, 6.07) is 9.07. The fourth-order valence-corrected chi connectivity index (χ4v) is 2.95. The zero-order valence-corrected chi connectivity index (χ0v) is 24.4. The van der Waals surface area contributed by atoms with Gasteiger partial charge >= 0.3 is 26.0 Å². The Balaban J connectivity index is 0.00000116. The zero-order valence-electron chi connectivity index (χ0n) is 24.4. The molecule has 0 bridgehead atoms. The second kappa shape index (κ2) is 11.9. The van der Waals surface area contributed by atoms with Crippen molar-refractivity contribution < 1.29 is 43.9 Å². The second-order valence-electron chi connectivity index (χ2n) is 13.3. The molecule has 0 unspecified atom stereocenters. The van der Waals surface area contributed by atoms with Crippen LogP contribution in [0.5, 0.6) is 0 Å². The maximum absolute atomic E-state index is 9.75. The number of pyridine rings is 1. The van der Waals surface area contributed by atoms with Crippen molar-refractivity contribution in [2.45, 2.75) is 105 Å². The maximum Gasteiger partial charge on any atom is 0.673 e. The van der Waals surface area contributed by atoms with Gasteiger partial charge in [0.1, 0.15) is 0 Å². The molecule has 2 rings (SSSR count). The Hall–Kier alpha value is -2.13. The Bertz CT molecular complexity index is 894. The van der Waals surface area contributed by atoms with E-state index in [9.17, 15) is 34.5 Å². The summed E-state index contributed by atoms with van der Waals surface area (Å²) in [6.07, 6.45) is 0.